The standard InChI is InChI=1S/C13H10Br2N2O3S/c1-16(6-8-4-12(15)21-7-8)13(18)10-5-9(17(19)20)2-3-11(10)14/h2-5,7H,6H2,1H3. The van der Waals surface area contributed by atoms with Gasteiger partial charge >= 0.3 is 0 Å². The Morgan fingerprint density at radius 2 is 2.10 bits per heavy atom. The Hall–Kier alpha value is -1.25. The number of rotatable bonds is 4. The molecular formula is C13H10Br2N2O3S. The van der Waals surface area contributed by atoms with Gasteiger partial charge in [-0.05, 0) is 54.9 Å². The van der Waals surface area contributed by atoms with Gasteiger partial charge in [-0.2, -0.15) is 0 Å². The number of nitro benzene ring substituents is 1. The van der Waals surface area contributed by atoms with Crippen molar-refractivity contribution in [2.45, 2.75) is 6.54 Å². The number of halogens is 2. The van der Waals surface area contributed by atoms with Gasteiger partial charge in [-0.1, -0.05) is 0 Å². The first-order chi connectivity index (χ1) is 9.88. The summed E-state index contributed by atoms with van der Waals surface area (Å²) in [5.74, 6) is -0.270. The van der Waals surface area contributed by atoms with E-state index in [0.717, 1.165) is 9.35 Å². The SMILES string of the molecule is CN(Cc1csc(Br)c1)C(=O)c1cc([N+](=O)[O-])ccc1Br. The summed E-state index contributed by atoms with van der Waals surface area (Å²) in [6.07, 6.45) is 0. The molecule has 2 aromatic rings. The molecule has 2 rings (SSSR count). The van der Waals surface area contributed by atoms with Gasteiger partial charge in [-0.15, -0.1) is 11.3 Å². The average Bonchev–Trinajstić information content (AvgIpc) is 2.83. The Balaban J connectivity index is 2.22. The second-order valence-electron chi connectivity index (χ2n) is 4.34. The van der Waals surface area contributed by atoms with Crippen LogP contribution in [0.3, 0.4) is 0 Å². The maximum atomic E-state index is 12.4. The molecule has 21 heavy (non-hydrogen) atoms. The lowest BCUT2D eigenvalue weighted by Crippen LogP contribution is -2.26. The van der Waals surface area contributed by atoms with Gasteiger partial charge < -0.3 is 4.90 Å². The molecule has 0 unspecified atom stereocenters. The first-order valence-electron chi connectivity index (χ1n) is 5.81. The van der Waals surface area contributed by atoms with Crippen LogP contribution in [0.1, 0.15) is 15.9 Å². The highest BCUT2D eigenvalue weighted by atomic mass is 79.9. The van der Waals surface area contributed by atoms with E-state index in [-0.39, 0.29) is 17.2 Å². The maximum absolute atomic E-state index is 12.4. The molecule has 110 valence electrons. The van der Waals surface area contributed by atoms with Gasteiger partial charge in [0.1, 0.15) is 0 Å². The van der Waals surface area contributed by atoms with Crippen molar-refractivity contribution < 1.29 is 9.72 Å². The minimum atomic E-state index is -0.515. The Bertz CT molecular complexity index is 702. The molecule has 1 aromatic heterocycles. The fraction of sp³-hybridized carbons (Fsp3) is 0.154. The smallest absolute Gasteiger partial charge is 0.270 e. The van der Waals surface area contributed by atoms with Crippen molar-refractivity contribution in [1.29, 1.82) is 0 Å². The van der Waals surface area contributed by atoms with E-state index in [1.165, 1.54) is 23.1 Å². The monoisotopic (exact) mass is 432 g/mol. The van der Waals surface area contributed by atoms with Crippen LogP contribution in [-0.2, 0) is 6.54 Å². The van der Waals surface area contributed by atoms with E-state index in [1.807, 2.05) is 11.4 Å². The van der Waals surface area contributed by atoms with Gasteiger partial charge in [-0.3, -0.25) is 14.9 Å². The fourth-order valence-corrected chi connectivity index (χ4v) is 3.39. The van der Waals surface area contributed by atoms with Crippen LogP contribution < -0.4 is 0 Å². The molecule has 0 spiro atoms. The van der Waals surface area contributed by atoms with Crippen LogP contribution in [0.4, 0.5) is 5.69 Å². The second kappa shape index (κ2) is 6.67. The summed E-state index contributed by atoms with van der Waals surface area (Å²) in [5.41, 5.74) is 1.18. The number of benzene rings is 1. The van der Waals surface area contributed by atoms with Crippen LogP contribution in [0.15, 0.2) is 37.9 Å². The van der Waals surface area contributed by atoms with E-state index >= 15 is 0 Å². The molecule has 8 heteroatoms. The molecule has 0 saturated heterocycles. The minimum Gasteiger partial charge on any atom is -0.337 e. The third kappa shape index (κ3) is 3.90. The van der Waals surface area contributed by atoms with Gasteiger partial charge in [0.25, 0.3) is 11.6 Å². The molecule has 0 atom stereocenters. The highest BCUT2D eigenvalue weighted by Crippen LogP contribution is 2.25. The van der Waals surface area contributed by atoms with Crippen molar-refractivity contribution in [2.24, 2.45) is 0 Å². The summed E-state index contributed by atoms with van der Waals surface area (Å²) in [6, 6.07) is 6.10. The molecule has 1 aromatic carbocycles. The fourth-order valence-electron chi connectivity index (χ4n) is 1.77. The van der Waals surface area contributed by atoms with E-state index in [4.69, 9.17) is 0 Å². The molecule has 1 heterocycles. The van der Waals surface area contributed by atoms with Crippen LogP contribution in [0.5, 0.6) is 0 Å². The van der Waals surface area contributed by atoms with Crippen LogP contribution in [0.2, 0.25) is 0 Å². The Kier molecular flexibility index (Phi) is 5.13. The molecule has 5 nitrogen and oxygen atoms in total. The normalized spacial score (nSPS) is 10.4. The molecule has 0 aliphatic carbocycles. The highest BCUT2D eigenvalue weighted by molar-refractivity contribution is 9.11. The van der Waals surface area contributed by atoms with Crippen molar-refractivity contribution in [3.05, 3.63) is 59.1 Å². The number of thiophene rings is 1. The highest BCUT2D eigenvalue weighted by Gasteiger charge is 2.19. The molecule has 1 amide bonds. The summed E-state index contributed by atoms with van der Waals surface area (Å²) in [4.78, 5) is 24.2. The van der Waals surface area contributed by atoms with Gasteiger partial charge in [-0.25, -0.2) is 0 Å². The van der Waals surface area contributed by atoms with Crippen LogP contribution in [0, 0.1) is 10.1 Å². The van der Waals surface area contributed by atoms with E-state index < -0.39 is 4.92 Å². The lowest BCUT2D eigenvalue weighted by Gasteiger charge is -2.17. The number of carbonyl (C=O) groups is 1. The summed E-state index contributed by atoms with van der Waals surface area (Å²) < 4.78 is 1.53. The Morgan fingerprint density at radius 1 is 1.38 bits per heavy atom. The average molecular weight is 434 g/mol. The predicted molar refractivity (Wildman–Crippen MR) is 88.6 cm³/mol. The molecule has 0 fully saturated rings. The largest absolute Gasteiger partial charge is 0.337 e. The zero-order chi connectivity index (χ0) is 15.6. The van der Waals surface area contributed by atoms with Crippen molar-refractivity contribution >= 4 is 54.8 Å². The molecule has 0 N–H and O–H groups in total. The first-order valence-corrected chi connectivity index (χ1v) is 8.27. The van der Waals surface area contributed by atoms with Gasteiger partial charge in [0.15, 0.2) is 0 Å². The Morgan fingerprint density at radius 3 is 2.67 bits per heavy atom. The molecule has 0 aliphatic rings. The molecule has 0 radical (unpaired) electrons. The molecule has 0 bridgehead atoms. The van der Waals surface area contributed by atoms with Crippen LogP contribution in [0.25, 0.3) is 0 Å². The van der Waals surface area contributed by atoms with E-state index in [2.05, 4.69) is 31.9 Å². The zero-order valence-electron chi connectivity index (χ0n) is 10.9. The number of hydrogen-bond donors (Lipinski definition) is 0. The predicted octanol–water partition coefficient (Wildman–Crippen LogP) is 4.45. The van der Waals surface area contributed by atoms with E-state index in [1.54, 1.807) is 18.4 Å². The van der Waals surface area contributed by atoms with E-state index in [9.17, 15) is 14.9 Å². The number of amides is 1. The quantitative estimate of drug-likeness (QED) is 0.528. The maximum Gasteiger partial charge on any atom is 0.270 e. The third-order valence-electron chi connectivity index (χ3n) is 2.78. The number of hydrogen-bond acceptors (Lipinski definition) is 4. The van der Waals surface area contributed by atoms with Crippen molar-refractivity contribution in [1.82, 2.24) is 4.90 Å². The summed E-state index contributed by atoms with van der Waals surface area (Å²) >= 11 is 8.18. The molecule has 0 aliphatic heterocycles. The zero-order valence-corrected chi connectivity index (χ0v) is 14.9. The number of carbonyl (C=O) groups excluding carboxylic acids is 1. The van der Waals surface area contributed by atoms with Crippen molar-refractivity contribution in [3.63, 3.8) is 0 Å². The van der Waals surface area contributed by atoms with Crippen molar-refractivity contribution in [2.75, 3.05) is 7.05 Å². The lowest BCUT2D eigenvalue weighted by molar-refractivity contribution is -0.384. The molecule has 0 saturated carbocycles. The topological polar surface area (TPSA) is 63.5 Å². The summed E-state index contributed by atoms with van der Waals surface area (Å²) in [5, 5.41) is 12.8. The van der Waals surface area contributed by atoms with Gasteiger partial charge in [0.05, 0.1) is 14.3 Å². The minimum absolute atomic E-state index is 0.103. The second-order valence-corrected chi connectivity index (χ2v) is 7.49. The summed E-state index contributed by atoms with van der Waals surface area (Å²) in [7, 11) is 1.67. The van der Waals surface area contributed by atoms with Crippen LogP contribution in [-0.4, -0.2) is 22.8 Å². The first kappa shape index (κ1) is 16.1. The van der Waals surface area contributed by atoms with Gasteiger partial charge in [0.2, 0.25) is 0 Å². The van der Waals surface area contributed by atoms with Crippen molar-refractivity contribution in [3.8, 4) is 0 Å². The Labute approximate surface area is 142 Å². The third-order valence-corrected chi connectivity index (χ3v) is 5.02. The summed E-state index contributed by atoms with van der Waals surface area (Å²) in [6.45, 7) is 0.441. The van der Waals surface area contributed by atoms with Crippen LogP contribution >= 0.6 is 43.2 Å². The number of non-ortho nitro benzene ring substituents is 1. The number of nitro groups is 1. The lowest BCUT2D eigenvalue weighted by atomic mass is 10.1. The number of nitrogens with zero attached hydrogens (tertiary/aromatic N) is 2. The van der Waals surface area contributed by atoms with E-state index in [0.29, 0.717) is 11.0 Å². The molecular weight excluding hydrogens is 424 g/mol. The van der Waals surface area contributed by atoms with Gasteiger partial charge in [0, 0.05) is 30.2 Å².